The van der Waals surface area contributed by atoms with Gasteiger partial charge in [-0.3, -0.25) is 0 Å². The number of amides is 2. The number of aromatic nitrogens is 3. The highest BCUT2D eigenvalue weighted by atomic mass is 19.4. The van der Waals surface area contributed by atoms with Crippen molar-refractivity contribution in [2.24, 2.45) is 11.7 Å². The molecular formula is C22H21F7N6O. The Hall–Kier alpha value is -3.58. The predicted octanol–water partition coefficient (Wildman–Crippen LogP) is 4.68. The summed E-state index contributed by atoms with van der Waals surface area (Å²) in [7, 11) is 0. The molecule has 3 heterocycles. The van der Waals surface area contributed by atoms with Crippen molar-refractivity contribution in [2.75, 3.05) is 25.0 Å². The first-order valence-corrected chi connectivity index (χ1v) is 10.8. The Kier molecular flexibility index (Phi) is 6.25. The van der Waals surface area contributed by atoms with Crippen LogP contribution in [0.15, 0.2) is 36.4 Å². The molecule has 1 aromatic carbocycles. The number of hydrogen-bond acceptors (Lipinski definition) is 4. The zero-order valence-electron chi connectivity index (χ0n) is 18.8. The third kappa shape index (κ3) is 4.88. The number of nitrogens with zero attached hydrogens (tertiary/aromatic N) is 4. The molecule has 0 bridgehead atoms. The number of benzene rings is 1. The Morgan fingerprint density at radius 2 is 1.72 bits per heavy atom. The van der Waals surface area contributed by atoms with E-state index in [2.05, 4.69) is 15.4 Å². The highest BCUT2D eigenvalue weighted by molar-refractivity contribution is 5.72. The molecule has 2 aromatic heterocycles. The maximum atomic E-state index is 13.6. The van der Waals surface area contributed by atoms with Gasteiger partial charge in [-0.1, -0.05) is 19.1 Å². The average molecular weight is 518 g/mol. The van der Waals surface area contributed by atoms with Crippen molar-refractivity contribution >= 4 is 17.5 Å². The van der Waals surface area contributed by atoms with E-state index in [0.29, 0.717) is 35.2 Å². The minimum absolute atomic E-state index is 0.0759. The van der Waals surface area contributed by atoms with E-state index in [4.69, 9.17) is 5.73 Å². The van der Waals surface area contributed by atoms with Gasteiger partial charge in [0.15, 0.2) is 17.0 Å². The number of likely N-dealkylation sites (tertiary alicyclic amines) is 1. The van der Waals surface area contributed by atoms with E-state index in [-0.39, 0.29) is 24.8 Å². The second-order valence-corrected chi connectivity index (χ2v) is 8.87. The molecule has 0 radical (unpaired) electrons. The fourth-order valence-electron chi connectivity index (χ4n) is 4.45. The highest BCUT2D eigenvalue weighted by Crippen LogP contribution is 2.39. The zero-order valence-corrected chi connectivity index (χ0v) is 18.8. The molecule has 3 aromatic rings. The standard InChI is InChI=1S/C22H21F7N6O/c1-20(12-2-4-14(23)5-3-12,13-6-7-34(10-13)19(30)36)11-31-17-8-15(21(24,25)26)32-18-9-16(22(27,28)29)33-35(17)18/h2-5,8-9,13,31H,6-7,10-11H2,1H3,(H2,30,36)/t13-,20+/m0/s1. The minimum atomic E-state index is -4.92. The first-order valence-electron chi connectivity index (χ1n) is 10.8. The van der Waals surface area contributed by atoms with Gasteiger partial charge >= 0.3 is 18.4 Å². The predicted molar refractivity (Wildman–Crippen MR) is 114 cm³/mol. The summed E-state index contributed by atoms with van der Waals surface area (Å²) in [5.41, 5.74) is 1.70. The fraction of sp³-hybridized carbons (Fsp3) is 0.409. The van der Waals surface area contributed by atoms with E-state index in [1.54, 1.807) is 6.92 Å². The number of carbonyl (C=O) groups is 1. The Morgan fingerprint density at radius 3 is 2.28 bits per heavy atom. The molecule has 3 N–H and O–H groups in total. The Balaban J connectivity index is 1.75. The number of anilines is 1. The van der Waals surface area contributed by atoms with Crippen LogP contribution in [-0.2, 0) is 17.8 Å². The number of hydrogen-bond donors (Lipinski definition) is 2. The van der Waals surface area contributed by atoms with Gasteiger partial charge in [-0.25, -0.2) is 14.2 Å². The van der Waals surface area contributed by atoms with Crippen molar-refractivity contribution in [3.8, 4) is 0 Å². The van der Waals surface area contributed by atoms with Crippen molar-refractivity contribution in [3.05, 3.63) is 59.2 Å². The smallest absolute Gasteiger partial charge is 0.369 e. The van der Waals surface area contributed by atoms with Crippen molar-refractivity contribution in [1.82, 2.24) is 19.5 Å². The van der Waals surface area contributed by atoms with Crippen LogP contribution in [0.4, 0.5) is 41.3 Å². The van der Waals surface area contributed by atoms with E-state index in [1.807, 2.05) is 0 Å². The van der Waals surface area contributed by atoms with E-state index < -0.39 is 46.7 Å². The van der Waals surface area contributed by atoms with Gasteiger partial charge in [0, 0.05) is 37.2 Å². The van der Waals surface area contributed by atoms with Gasteiger partial charge in [0.25, 0.3) is 0 Å². The van der Waals surface area contributed by atoms with Gasteiger partial charge in [-0.05, 0) is 30.0 Å². The topological polar surface area (TPSA) is 88.6 Å². The van der Waals surface area contributed by atoms with Crippen LogP contribution in [0.5, 0.6) is 0 Å². The number of carbonyl (C=O) groups excluding carboxylic acids is 1. The molecule has 1 aliphatic heterocycles. The zero-order chi connectivity index (χ0) is 26.5. The number of alkyl halides is 6. The molecule has 4 rings (SSSR count). The lowest BCUT2D eigenvalue weighted by molar-refractivity contribution is -0.142. The first kappa shape index (κ1) is 25.5. The SMILES string of the molecule is C[C@@](CNc1cc(C(F)(F)F)nc2cc(C(F)(F)F)nn12)(c1ccc(F)cc1)[C@H]1CCN(C(N)=O)C1. The van der Waals surface area contributed by atoms with E-state index in [9.17, 15) is 35.5 Å². The van der Waals surface area contributed by atoms with Gasteiger partial charge in [-0.15, -0.1) is 0 Å². The van der Waals surface area contributed by atoms with Gasteiger partial charge in [-0.2, -0.15) is 36.0 Å². The summed E-state index contributed by atoms with van der Waals surface area (Å²) >= 11 is 0. The first-order chi connectivity index (χ1) is 16.7. The summed E-state index contributed by atoms with van der Waals surface area (Å²) in [5.74, 6) is -1.10. The number of rotatable bonds is 5. The molecule has 0 saturated carbocycles. The van der Waals surface area contributed by atoms with Gasteiger partial charge in [0.1, 0.15) is 11.6 Å². The van der Waals surface area contributed by atoms with Crippen molar-refractivity contribution in [2.45, 2.75) is 31.1 Å². The maximum absolute atomic E-state index is 13.6. The van der Waals surface area contributed by atoms with E-state index in [1.165, 1.54) is 29.2 Å². The van der Waals surface area contributed by atoms with Crippen LogP contribution >= 0.6 is 0 Å². The monoisotopic (exact) mass is 518 g/mol. The maximum Gasteiger partial charge on any atom is 0.435 e. The molecule has 0 aliphatic carbocycles. The van der Waals surface area contributed by atoms with Gasteiger partial charge in [0.2, 0.25) is 0 Å². The Labute approximate surface area is 200 Å². The molecule has 194 valence electrons. The average Bonchev–Trinajstić information content (AvgIpc) is 3.45. The molecule has 1 aliphatic rings. The lowest BCUT2D eigenvalue weighted by atomic mass is 9.71. The number of nitrogens with two attached hydrogens (primary N) is 1. The van der Waals surface area contributed by atoms with Gasteiger partial charge in [0.05, 0.1) is 0 Å². The molecule has 1 saturated heterocycles. The van der Waals surface area contributed by atoms with Crippen LogP contribution in [0.3, 0.4) is 0 Å². The van der Waals surface area contributed by atoms with Crippen LogP contribution in [0.2, 0.25) is 0 Å². The lowest BCUT2D eigenvalue weighted by Gasteiger charge is -2.37. The second kappa shape index (κ2) is 8.82. The van der Waals surface area contributed by atoms with Crippen LogP contribution in [0.1, 0.15) is 30.3 Å². The number of primary amides is 1. The molecule has 14 heteroatoms. The normalized spacial score (nSPS) is 18.4. The third-order valence-corrected chi connectivity index (χ3v) is 6.55. The van der Waals surface area contributed by atoms with Crippen LogP contribution in [-0.4, -0.2) is 45.2 Å². The lowest BCUT2D eigenvalue weighted by Crippen LogP contribution is -2.42. The summed E-state index contributed by atoms with van der Waals surface area (Å²) in [5, 5.41) is 6.21. The number of urea groups is 1. The Morgan fingerprint density at radius 1 is 1.08 bits per heavy atom. The molecule has 0 spiro atoms. The highest BCUT2D eigenvalue weighted by Gasteiger charge is 2.42. The molecule has 2 amide bonds. The molecule has 2 atom stereocenters. The van der Waals surface area contributed by atoms with Crippen molar-refractivity contribution in [3.63, 3.8) is 0 Å². The summed E-state index contributed by atoms with van der Waals surface area (Å²) in [6.45, 7) is 2.29. The second-order valence-electron chi connectivity index (χ2n) is 8.87. The molecule has 0 unspecified atom stereocenters. The summed E-state index contributed by atoms with van der Waals surface area (Å²) in [4.78, 5) is 16.4. The third-order valence-electron chi connectivity index (χ3n) is 6.55. The van der Waals surface area contributed by atoms with Gasteiger partial charge < -0.3 is 16.0 Å². The minimum Gasteiger partial charge on any atom is -0.369 e. The van der Waals surface area contributed by atoms with Crippen LogP contribution in [0, 0.1) is 11.7 Å². The number of halogens is 7. The Bertz CT molecular complexity index is 1270. The molecule has 36 heavy (non-hydrogen) atoms. The number of fused-ring (bicyclic) bond motifs is 1. The molecule has 1 fully saturated rings. The van der Waals surface area contributed by atoms with E-state index >= 15 is 0 Å². The molecule has 7 nitrogen and oxygen atoms in total. The van der Waals surface area contributed by atoms with Crippen molar-refractivity contribution in [1.29, 1.82) is 0 Å². The van der Waals surface area contributed by atoms with E-state index in [0.717, 1.165) is 0 Å². The summed E-state index contributed by atoms with van der Waals surface area (Å²) in [6, 6.07) is 5.87. The molecular weight excluding hydrogens is 497 g/mol. The van der Waals surface area contributed by atoms with Crippen LogP contribution in [0.25, 0.3) is 5.65 Å². The quantitative estimate of drug-likeness (QED) is 0.481. The summed E-state index contributed by atoms with van der Waals surface area (Å²) in [6.07, 6.45) is -9.32. The fourth-order valence-corrected chi connectivity index (χ4v) is 4.45. The number of nitrogens with one attached hydrogen (secondary N) is 1. The summed E-state index contributed by atoms with van der Waals surface area (Å²) < 4.78 is 94.2. The van der Waals surface area contributed by atoms with Crippen molar-refractivity contribution < 1.29 is 35.5 Å². The largest absolute Gasteiger partial charge is 0.435 e. The van der Waals surface area contributed by atoms with Crippen LogP contribution < -0.4 is 11.1 Å².